The van der Waals surface area contributed by atoms with Crippen LogP contribution in [0.3, 0.4) is 0 Å². The highest BCUT2D eigenvalue weighted by atomic mass is 16.2. The molecule has 4 nitrogen and oxygen atoms in total. The van der Waals surface area contributed by atoms with E-state index in [1.54, 1.807) is 0 Å². The summed E-state index contributed by atoms with van der Waals surface area (Å²) < 4.78 is 2.16. The van der Waals surface area contributed by atoms with Gasteiger partial charge in [0.1, 0.15) is 6.54 Å². The summed E-state index contributed by atoms with van der Waals surface area (Å²) >= 11 is 0. The first-order chi connectivity index (χ1) is 10.6. The van der Waals surface area contributed by atoms with Gasteiger partial charge < -0.3 is 15.2 Å². The zero-order chi connectivity index (χ0) is 15.7. The molecule has 1 saturated heterocycles. The van der Waals surface area contributed by atoms with E-state index in [4.69, 9.17) is 5.73 Å². The van der Waals surface area contributed by atoms with Crippen molar-refractivity contribution in [1.82, 2.24) is 9.47 Å². The van der Waals surface area contributed by atoms with Crippen LogP contribution in [-0.2, 0) is 17.8 Å². The first-order valence-corrected chi connectivity index (χ1v) is 8.18. The van der Waals surface area contributed by atoms with Crippen molar-refractivity contribution in [1.29, 1.82) is 0 Å². The minimum absolute atomic E-state index is 0.118. The number of hydrogen-bond acceptors (Lipinski definition) is 2. The number of amides is 1. The fraction of sp³-hybridized carbons (Fsp3) is 0.500. The molecule has 3 rings (SSSR count). The average molecular weight is 299 g/mol. The average Bonchev–Trinajstić information content (AvgIpc) is 3.10. The van der Waals surface area contributed by atoms with E-state index in [1.165, 1.54) is 16.6 Å². The molecular weight excluding hydrogens is 274 g/mol. The minimum Gasteiger partial charge on any atom is -0.341 e. The van der Waals surface area contributed by atoms with Crippen molar-refractivity contribution in [2.45, 2.75) is 45.7 Å². The Morgan fingerprint density at radius 2 is 1.95 bits per heavy atom. The van der Waals surface area contributed by atoms with Gasteiger partial charge in [0, 0.05) is 35.7 Å². The van der Waals surface area contributed by atoms with Gasteiger partial charge in [0.2, 0.25) is 5.91 Å². The van der Waals surface area contributed by atoms with Crippen molar-refractivity contribution in [3.8, 4) is 0 Å². The zero-order valence-corrected chi connectivity index (χ0v) is 13.5. The van der Waals surface area contributed by atoms with Crippen molar-refractivity contribution in [2.75, 3.05) is 13.1 Å². The number of rotatable bonds is 4. The Morgan fingerprint density at radius 3 is 2.64 bits per heavy atom. The van der Waals surface area contributed by atoms with Gasteiger partial charge in [0.25, 0.3) is 0 Å². The largest absolute Gasteiger partial charge is 0.341 e. The van der Waals surface area contributed by atoms with Crippen LogP contribution in [-0.4, -0.2) is 34.5 Å². The van der Waals surface area contributed by atoms with Crippen molar-refractivity contribution >= 4 is 16.8 Å². The standard InChI is InChI=1S/C18H25N3O/c1-13(19)11-16-14(2)21(17-8-4-3-7-15(16)17)12-18(22)20-9-5-6-10-20/h3-4,7-8,13H,5-6,9-12,19H2,1-2H3. The summed E-state index contributed by atoms with van der Waals surface area (Å²) in [6.07, 6.45) is 3.11. The van der Waals surface area contributed by atoms with Crippen molar-refractivity contribution in [3.63, 3.8) is 0 Å². The summed E-state index contributed by atoms with van der Waals surface area (Å²) in [6.45, 7) is 6.38. The van der Waals surface area contributed by atoms with Gasteiger partial charge in [-0.2, -0.15) is 0 Å². The molecule has 1 aliphatic heterocycles. The van der Waals surface area contributed by atoms with Gasteiger partial charge in [-0.05, 0) is 44.7 Å². The molecule has 1 unspecified atom stereocenters. The third-order valence-corrected chi connectivity index (χ3v) is 4.64. The van der Waals surface area contributed by atoms with Gasteiger partial charge in [0.05, 0.1) is 0 Å². The van der Waals surface area contributed by atoms with Crippen LogP contribution >= 0.6 is 0 Å². The lowest BCUT2D eigenvalue weighted by atomic mass is 10.0. The van der Waals surface area contributed by atoms with Gasteiger partial charge >= 0.3 is 0 Å². The Labute approximate surface area is 131 Å². The first kappa shape index (κ1) is 15.1. The highest BCUT2D eigenvalue weighted by Crippen LogP contribution is 2.27. The number of nitrogens with two attached hydrogens (primary N) is 1. The van der Waals surface area contributed by atoms with E-state index in [0.29, 0.717) is 6.54 Å². The van der Waals surface area contributed by atoms with Crippen LogP contribution in [0, 0.1) is 6.92 Å². The van der Waals surface area contributed by atoms with Crippen LogP contribution in [0.4, 0.5) is 0 Å². The summed E-state index contributed by atoms with van der Waals surface area (Å²) in [5, 5.41) is 1.23. The Balaban J connectivity index is 1.97. The predicted octanol–water partition coefficient (Wildman–Crippen LogP) is 2.46. The van der Waals surface area contributed by atoms with E-state index in [-0.39, 0.29) is 11.9 Å². The second-order valence-corrected chi connectivity index (χ2v) is 6.44. The molecular formula is C18H25N3O. The maximum atomic E-state index is 12.5. The second-order valence-electron chi connectivity index (χ2n) is 6.44. The summed E-state index contributed by atoms with van der Waals surface area (Å²) in [5.74, 6) is 0.230. The molecule has 0 aliphatic carbocycles. The molecule has 2 heterocycles. The fourth-order valence-electron chi connectivity index (χ4n) is 3.49. The van der Waals surface area contributed by atoms with E-state index < -0.39 is 0 Å². The van der Waals surface area contributed by atoms with Gasteiger partial charge in [-0.3, -0.25) is 4.79 Å². The maximum absolute atomic E-state index is 12.5. The van der Waals surface area contributed by atoms with Crippen LogP contribution in [0.15, 0.2) is 24.3 Å². The number of fused-ring (bicyclic) bond motifs is 1. The van der Waals surface area contributed by atoms with Crippen LogP contribution in [0.25, 0.3) is 10.9 Å². The molecule has 0 saturated carbocycles. The minimum atomic E-state index is 0.118. The summed E-state index contributed by atoms with van der Waals surface area (Å²) in [7, 11) is 0. The molecule has 1 amide bonds. The molecule has 0 spiro atoms. The molecule has 0 bridgehead atoms. The van der Waals surface area contributed by atoms with Gasteiger partial charge in [-0.1, -0.05) is 18.2 Å². The van der Waals surface area contributed by atoms with E-state index in [1.807, 2.05) is 17.9 Å². The van der Waals surface area contributed by atoms with Crippen molar-refractivity contribution < 1.29 is 4.79 Å². The van der Waals surface area contributed by atoms with Gasteiger partial charge in [-0.15, -0.1) is 0 Å². The number of carbonyl (C=O) groups is 1. The molecule has 1 aliphatic rings. The van der Waals surface area contributed by atoms with E-state index in [0.717, 1.165) is 37.9 Å². The molecule has 2 N–H and O–H groups in total. The zero-order valence-electron chi connectivity index (χ0n) is 13.5. The molecule has 0 radical (unpaired) electrons. The van der Waals surface area contributed by atoms with Crippen LogP contribution < -0.4 is 5.73 Å². The van der Waals surface area contributed by atoms with Crippen molar-refractivity contribution in [2.24, 2.45) is 5.73 Å². The smallest absolute Gasteiger partial charge is 0.242 e. The van der Waals surface area contributed by atoms with E-state index in [2.05, 4.69) is 29.7 Å². The monoisotopic (exact) mass is 299 g/mol. The van der Waals surface area contributed by atoms with Crippen LogP contribution in [0.2, 0.25) is 0 Å². The van der Waals surface area contributed by atoms with E-state index in [9.17, 15) is 4.79 Å². The van der Waals surface area contributed by atoms with Crippen LogP contribution in [0.1, 0.15) is 31.0 Å². The molecule has 22 heavy (non-hydrogen) atoms. The molecule has 1 aromatic carbocycles. The lowest BCUT2D eigenvalue weighted by Gasteiger charge is -2.17. The number of benzene rings is 1. The topological polar surface area (TPSA) is 51.3 Å². The Morgan fingerprint density at radius 1 is 1.27 bits per heavy atom. The Hall–Kier alpha value is -1.81. The number of aromatic nitrogens is 1. The quantitative estimate of drug-likeness (QED) is 0.943. The molecule has 4 heteroatoms. The third kappa shape index (κ3) is 2.75. The fourth-order valence-corrected chi connectivity index (χ4v) is 3.49. The lowest BCUT2D eigenvalue weighted by Crippen LogP contribution is -2.31. The molecule has 2 aromatic rings. The summed E-state index contributed by atoms with van der Waals surface area (Å²) in [5.41, 5.74) is 9.60. The molecule has 118 valence electrons. The second kappa shape index (κ2) is 6.13. The first-order valence-electron chi connectivity index (χ1n) is 8.18. The SMILES string of the molecule is Cc1c(CC(C)N)c2ccccc2n1CC(=O)N1CCCC1. The van der Waals surface area contributed by atoms with Crippen molar-refractivity contribution in [3.05, 3.63) is 35.5 Å². The molecule has 1 fully saturated rings. The molecule has 1 aromatic heterocycles. The predicted molar refractivity (Wildman–Crippen MR) is 89.8 cm³/mol. The van der Waals surface area contributed by atoms with Gasteiger partial charge in [0.15, 0.2) is 0 Å². The molecule has 1 atom stereocenters. The number of likely N-dealkylation sites (tertiary alicyclic amines) is 1. The number of para-hydroxylation sites is 1. The Bertz CT molecular complexity index is 681. The van der Waals surface area contributed by atoms with Gasteiger partial charge in [-0.25, -0.2) is 0 Å². The number of hydrogen-bond donors (Lipinski definition) is 1. The normalized spacial score (nSPS) is 16.4. The summed E-state index contributed by atoms with van der Waals surface area (Å²) in [6, 6.07) is 8.45. The lowest BCUT2D eigenvalue weighted by molar-refractivity contribution is -0.130. The maximum Gasteiger partial charge on any atom is 0.242 e. The highest BCUT2D eigenvalue weighted by Gasteiger charge is 2.21. The van der Waals surface area contributed by atoms with E-state index >= 15 is 0 Å². The number of nitrogens with zero attached hydrogens (tertiary/aromatic N) is 2. The highest BCUT2D eigenvalue weighted by molar-refractivity contribution is 5.87. The Kier molecular flexibility index (Phi) is 4.21. The number of carbonyl (C=O) groups excluding carboxylic acids is 1. The third-order valence-electron chi connectivity index (χ3n) is 4.64. The summed E-state index contributed by atoms with van der Waals surface area (Å²) in [4.78, 5) is 14.5. The van der Waals surface area contributed by atoms with Crippen LogP contribution in [0.5, 0.6) is 0 Å².